The maximum atomic E-state index is 11.5. The van der Waals surface area contributed by atoms with Gasteiger partial charge in [0.1, 0.15) is 5.56 Å². The number of hydrogen-bond donors (Lipinski definition) is 1. The van der Waals surface area contributed by atoms with Crippen LogP contribution in [0.3, 0.4) is 0 Å². The molecule has 2 heterocycles. The molecule has 0 bridgehead atoms. The number of rotatable bonds is 3. The highest BCUT2D eigenvalue weighted by atomic mass is 16.5. The molecule has 98 valence electrons. The van der Waals surface area contributed by atoms with E-state index < -0.39 is 5.97 Å². The summed E-state index contributed by atoms with van der Waals surface area (Å²) >= 11 is 0. The van der Waals surface area contributed by atoms with Crippen molar-refractivity contribution in [2.75, 3.05) is 0 Å². The van der Waals surface area contributed by atoms with Crippen molar-refractivity contribution in [1.29, 1.82) is 0 Å². The molecular formula is C14H9N3O3. The Labute approximate surface area is 113 Å². The topological polar surface area (TPSA) is 85.2 Å². The minimum absolute atomic E-state index is 0.0567. The number of hydrogen-bond acceptors (Lipinski definition) is 5. The number of carboxylic acids is 1. The maximum Gasteiger partial charge on any atom is 0.340 e. The van der Waals surface area contributed by atoms with Crippen molar-refractivity contribution in [3.05, 3.63) is 54.6 Å². The molecule has 0 fully saturated rings. The molecule has 0 aliphatic rings. The Balaban J connectivity index is 2.15. The number of carboxylic acid groups (broad SMARTS) is 1. The van der Waals surface area contributed by atoms with E-state index in [1.165, 1.54) is 24.8 Å². The lowest BCUT2D eigenvalue weighted by molar-refractivity contribution is 0.0696. The molecule has 6 nitrogen and oxygen atoms in total. The molecular weight excluding hydrogens is 258 g/mol. The second-order valence-corrected chi connectivity index (χ2v) is 3.97. The number of fused-ring (bicyclic) bond motifs is 1. The minimum atomic E-state index is -1.08. The van der Waals surface area contributed by atoms with Gasteiger partial charge in [0.25, 0.3) is 0 Å². The Kier molecular flexibility index (Phi) is 2.96. The van der Waals surface area contributed by atoms with Crippen molar-refractivity contribution >= 4 is 16.9 Å². The zero-order chi connectivity index (χ0) is 13.9. The van der Waals surface area contributed by atoms with Crippen LogP contribution in [0, 0.1) is 0 Å². The molecule has 2 aromatic heterocycles. The summed E-state index contributed by atoms with van der Waals surface area (Å²) in [7, 11) is 0. The summed E-state index contributed by atoms with van der Waals surface area (Å²) < 4.78 is 5.46. The van der Waals surface area contributed by atoms with Gasteiger partial charge in [0, 0.05) is 17.8 Å². The van der Waals surface area contributed by atoms with Crippen LogP contribution in [-0.4, -0.2) is 26.0 Å². The van der Waals surface area contributed by atoms with Crippen molar-refractivity contribution < 1.29 is 14.6 Å². The fraction of sp³-hybridized carbons (Fsp3) is 0. The number of para-hydroxylation sites is 1. The van der Waals surface area contributed by atoms with Gasteiger partial charge in [0.15, 0.2) is 5.75 Å². The van der Waals surface area contributed by atoms with E-state index in [-0.39, 0.29) is 17.2 Å². The van der Waals surface area contributed by atoms with E-state index in [4.69, 9.17) is 4.74 Å². The Bertz CT molecular complexity index is 775. The lowest BCUT2D eigenvalue weighted by Gasteiger charge is -2.09. The molecule has 3 rings (SSSR count). The van der Waals surface area contributed by atoms with Gasteiger partial charge in [0.2, 0.25) is 5.88 Å². The number of pyridine rings is 1. The van der Waals surface area contributed by atoms with E-state index in [1.54, 1.807) is 24.3 Å². The largest absolute Gasteiger partial charge is 0.478 e. The smallest absolute Gasteiger partial charge is 0.340 e. The second-order valence-electron chi connectivity index (χ2n) is 3.97. The number of nitrogens with zero attached hydrogens (tertiary/aromatic N) is 3. The van der Waals surface area contributed by atoms with Gasteiger partial charge in [0.05, 0.1) is 17.9 Å². The van der Waals surface area contributed by atoms with Crippen LogP contribution >= 0.6 is 0 Å². The molecule has 0 radical (unpaired) electrons. The zero-order valence-electron chi connectivity index (χ0n) is 10.2. The van der Waals surface area contributed by atoms with Crippen molar-refractivity contribution in [3.63, 3.8) is 0 Å². The molecule has 0 unspecified atom stereocenters. The maximum absolute atomic E-state index is 11.5. The Morgan fingerprint density at radius 3 is 2.70 bits per heavy atom. The summed E-state index contributed by atoms with van der Waals surface area (Å²) in [6.45, 7) is 0. The highest BCUT2D eigenvalue weighted by Gasteiger charge is 2.17. The van der Waals surface area contributed by atoms with Gasteiger partial charge >= 0.3 is 5.97 Å². The van der Waals surface area contributed by atoms with Crippen LogP contribution in [0.15, 0.2) is 49.1 Å². The van der Waals surface area contributed by atoms with Crippen LogP contribution in [-0.2, 0) is 0 Å². The van der Waals surface area contributed by atoms with Gasteiger partial charge in [-0.1, -0.05) is 18.2 Å². The molecule has 1 N–H and O–H groups in total. The first-order chi connectivity index (χ1) is 9.75. The van der Waals surface area contributed by atoms with Crippen molar-refractivity contribution in [2.45, 2.75) is 0 Å². The fourth-order valence-electron chi connectivity index (χ4n) is 1.87. The van der Waals surface area contributed by atoms with Gasteiger partial charge in [-0.2, -0.15) is 0 Å². The third kappa shape index (κ3) is 2.14. The van der Waals surface area contributed by atoms with Crippen LogP contribution in [0.1, 0.15) is 10.4 Å². The first-order valence-corrected chi connectivity index (χ1v) is 5.80. The van der Waals surface area contributed by atoms with E-state index in [1.807, 2.05) is 0 Å². The Morgan fingerprint density at radius 1 is 1.10 bits per heavy atom. The number of benzene rings is 1. The standard InChI is InChI=1S/C14H9N3O3/c18-14(19)13-9-3-1-2-4-10(9)17-7-11(13)20-12-8-15-5-6-16-12/h1-8H,(H,18,19). The summed E-state index contributed by atoms with van der Waals surface area (Å²) in [6.07, 6.45) is 5.75. The molecule has 0 saturated carbocycles. The average molecular weight is 267 g/mol. The van der Waals surface area contributed by atoms with Crippen LogP contribution in [0.5, 0.6) is 11.6 Å². The normalized spacial score (nSPS) is 10.4. The first kappa shape index (κ1) is 12.0. The molecule has 3 aromatic rings. The molecule has 0 aliphatic carbocycles. The molecule has 1 aromatic carbocycles. The summed E-state index contributed by atoms with van der Waals surface area (Å²) in [6, 6.07) is 6.98. The molecule has 0 amide bonds. The average Bonchev–Trinajstić information content (AvgIpc) is 2.47. The SMILES string of the molecule is O=C(O)c1c(Oc2cnccn2)cnc2ccccc12. The fourth-order valence-corrected chi connectivity index (χ4v) is 1.87. The van der Waals surface area contributed by atoms with E-state index in [0.717, 1.165) is 0 Å². The number of aromatic nitrogens is 3. The monoisotopic (exact) mass is 267 g/mol. The van der Waals surface area contributed by atoms with Crippen LogP contribution in [0.2, 0.25) is 0 Å². The predicted octanol–water partition coefficient (Wildman–Crippen LogP) is 2.52. The quantitative estimate of drug-likeness (QED) is 0.784. The van der Waals surface area contributed by atoms with Crippen LogP contribution in [0.25, 0.3) is 10.9 Å². The molecule has 6 heteroatoms. The van der Waals surface area contributed by atoms with E-state index in [9.17, 15) is 9.90 Å². The van der Waals surface area contributed by atoms with Crippen LogP contribution in [0.4, 0.5) is 0 Å². The van der Waals surface area contributed by atoms with Gasteiger partial charge in [-0.05, 0) is 6.07 Å². The summed E-state index contributed by atoms with van der Waals surface area (Å²) in [4.78, 5) is 23.5. The summed E-state index contributed by atoms with van der Waals surface area (Å²) in [5.74, 6) is -0.730. The molecule has 0 saturated heterocycles. The van der Waals surface area contributed by atoms with Gasteiger partial charge < -0.3 is 9.84 Å². The molecule has 20 heavy (non-hydrogen) atoms. The van der Waals surface area contributed by atoms with E-state index >= 15 is 0 Å². The zero-order valence-corrected chi connectivity index (χ0v) is 10.2. The molecule has 0 aliphatic heterocycles. The van der Waals surface area contributed by atoms with Crippen molar-refractivity contribution in [1.82, 2.24) is 15.0 Å². The highest BCUT2D eigenvalue weighted by molar-refractivity contribution is 6.04. The second kappa shape index (κ2) is 4.93. The first-order valence-electron chi connectivity index (χ1n) is 5.80. The lowest BCUT2D eigenvalue weighted by atomic mass is 10.1. The number of carbonyl (C=O) groups is 1. The molecule has 0 spiro atoms. The lowest BCUT2D eigenvalue weighted by Crippen LogP contribution is -2.03. The van der Waals surface area contributed by atoms with E-state index in [2.05, 4.69) is 15.0 Å². The van der Waals surface area contributed by atoms with Crippen LogP contribution < -0.4 is 4.74 Å². The highest BCUT2D eigenvalue weighted by Crippen LogP contribution is 2.28. The predicted molar refractivity (Wildman–Crippen MR) is 70.8 cm³/mol. The third-order valence-electron chi connectivity index (χ3n) is 2.71. The Morgan fingerprint density at radius 2 is 1.95 bits per heavy atom. The van der Waals surface area contributed by atoms with Gasteiger partial charge in [-0.3, -0.25) is 9.97 Å². The minimum Gasteiger partial charge on any atom is -0.478 e. The van der Waals surface area contributed by atoms with Gasteiger partial charge in [-0.25, -0.2) is 9.78 Å². The van der Waals surface area contributed by atoms with Crippen molar-refractivity contribution in [2.24, 2.45) is 0 Å². The van der Waals surface area contributed by atoms with E-state index in [0.29, 0.717) is 10.9 Å². The Hall–Kier alpha value is -3.02. The third-order valence-corrected chi connectivity index (χ3v) is 2.71. The summed E-state index contributed by atoms with van der Waals surface area (Å²) in [5.41, 5.74) is 0.651. The number of ether oxygens (including phenoxy) is 1. The summed E-state index contributed by atoms with van der Waals surface area (Å²) in [5, 5.41) is 9.91. The molecule has 0 atom stereocenters. The number of aromatic carboxylic acids is 1. The van der Waals surface area contributed by atoms with Crippen molar-refractivity contribution in [3.8, 4) is 11.6 Å². The van der Waals surface area contributed by atoms with Gasteiger partial charge in [-0.15, -0.1) is 0 Å².